The zero-order chi connectivity index (χ0) is 17.8. The van der Waals surface area contributed by atoms with Gasteiger partial charge in [-0.3, -0.25) is 14.9 Å². The van der Waals surface area contributed by atoms with Crippen LogP contribution in [0.5, 0.6) is 0 Å². The average molecular weight is 344 g/mol. The number of nitro groups is 1. The van der Waals surface area contributed by atoms with Crippen LogP contribution >= 0.6 is 0 Å². The molecule has 0 saturated carbocycles. The van der Waals surface area contributed by atoms with Gasteiger partial charge in [-0.2, -0.15) is 0 Å². The lowest BCUT2D eigenvalue weighted by atomic mass is 10.1. The first-order chi connectivity index (χ1) is 12.0. The Hall–Kier alpha value is -3.00. The van der Waals surface area contributed by atoms with E-state index in [1.54, 1.807) is 12.1 Å². The normalized spacial score (nSPS) is 14.2. The average Bonchev–Trinajstić information content (AvgIpc) is 2.63. The van der Waals surface area contributed by atoms with Crippen LogP contribution < -0.4 is 15.5 Å². The maximum atomic E-state index is 12.9. The summed E-state index contributed by atoms with van der Waals surface area (Å²) in [5, 5.41) is 17.2. The minimum atomic E-state index is -0.454. The summed E-state index contributed by atoms with van der Waals surface area (Å²) in [5.74, 6) is -0.892. The highest BCUT2D eigenvalue weighted by Gasteiger charge is 2.22. The largest absolute Gasteiger partial charge is 0.363 e. The molecule has 0 atom stereocenters. The van der Waals surface area contributed by atoms with Gasteiger partial charge in [0.2, 0.25) is 0 Å². The van der Waals surface area contributed by atoms with Gasteiger partial charge in [0.1, 0.15) is 11.5 Å². The lowest BCUT2D eigenvalue weighted by molar-refractivity contribution is -0.384. The third-order valence-corrected chi connectivity index (χ3v) is 3.99. The van der Waals surface area contributed by atoms with Gasteiger partial charge in [0.05, 0.1) is 4.92 Å². The molecule has 1 saturated heterocycles. The van der Waals surface area contributed by atoms with Crippen molar-refractivity contribution >= 4 is 23.0 Å². The van der Waals surface area contributed by atoms with Gasteiger partial charge in [-0.15, -0.1) is 0 Å². The van der Waals surface area contributed by atoms with Crippen LogP contribution in [0.2, 0.25) is 0 Å². The third-order valence-electron chi connectivity index (χ3n) is 3.99. The van der Waals surface area contributed by atoms with Crippen LogP contribution in [0.1, 0.15) is 10.4 Å². The maximum Gasteiger partial charge on any atom is 0.294 e. The number of carbonyl (C=O) groups is 1. The van der Waals surface area contributed by atoms with Crippen molar-refractivity contribution in [2.24, 2.45) is 0 Å². The highest BCUT2D eigenvalue weighted by molar-refractivity contribution is 6.04. The fourth-order valence-electron chi connectivity index (χ4n) is 2.73. The quantitative estimate of drug-likeness (QED) is 0.657. The molecule has 2 aromatic carbocycles. The number of anilines is 2. The number of nitro benzene ring substituents is 1. The molecule has 25 heavy (non-hydrogen) atoms. The van der Waals surface area contributed by atoms with Crippen molar-refractivity contribution in [3.05, 3.63) is 64.0 Å². The van der Waals surface area contributed by atoms with Crippen molar-refractivity contribution in [1.29, 1.82) is 0 Å². The number of hydrogen-bond acceptors (Lipinski definition) is 5. The molecule has 0 aliphatic carbocycles. The molecular formula is C17H17FN4O3. The zero-order valence-corrected chi connectivity index (χ0v) is 13.4. The molecule has 3 rings (SSSR count). The number of hydrogen-bond donors (Lipinski definition) is 2. The highest BCUT2D eigenvalue weighted by Crippen LogP contribution is 2.31. The molecule has 8 heteroatoms. The van der Waals surface area contributed by atoms with E-state index in [4.69, 9.17) is 0 Å². The second-order valence-corrected chi connectivity index (χ2v) is 5.66. The minimum absolute atomic E-state index is 0.0567. The number of carbonyl (C=O) groups excluding carboxylic acids is 1. The lowest BCUT2D eigenvalue weighted by Gasteiger charge is -2.29. The van der Waals surface area contributed by atoms with E-state index in [-0.39, 0.29) is 11.3 Å². The molecule has 2 aromatic rings. The predicted octanol–water partition coefficient (Wildman–Crippen LogP) is 2.40. The van der Waals surface area contributed by atoms with Gasteiger partial charge in [0.25, 0.3) is 11.6 Å². The minimum Gasteiger partial charge on any atom is -0.363 e. The number of amides is 1. The van der Waals surface area contributed by atoms with E-state index in [2.05, 4.69) is 10.6 Å². The van der Waals surface area contributed by atoms with Gasteiger partial charge in [0, 0.05) is 43.5 Å². The Labute approximate surface area is 143 Å². The molecule has 2 N–H and O–H groups in total. The second kappa shape index (κ2) is 7.27. The Morgan fingerprint density at radius 3 is 2.48 bits per heavy atom. The number of rotatable bonds is 4. The summed E-state index contributed by atoms with van der Waals surface area (Å²) >= 11 is 0. The molecule has 1 amide bonds. The summed E-state index contributed by atoms with van der Waals surface area (Å²) in [4.78, 5) is 25.1. The van der Waals surface area contributed by atoms with Crippen LogP contribution in [0.4, 0.5) is 21.5 Å². The summed E-state index contributed by atoms with van der Waals surface area (Å²) < 4.78 is 12.9. The molecule has 0 spiro atoms. The number of nitrogens with one attached hydrogen (secondary N) is 2. The van der Waals surface area contributed by atoms with Gasteiger partial charge in [-0.25, -0.2) is 4.39 Å². The van der Waals surface area contributed by atoms with Crippen molar-refractivity contribution in [3.63, 3.8) is 0 Å². The Bertz CT molecular complexity index is 789. The van der Waals surface area contributed by atoms with Gasteiger partial charge in [-0.1, -0.05) is 0 Å². The van der Waals surface area contributed by atoms with Crippen molar-refractivity contribution in [3.8, 4) is 0 Å². The van der Waals surface area contributed by atoms with Crippen molar-refractivity contribution < 1.29 is 14.1 Å². The van der Waals surface area contributed by atoms with Crippen LogP contribution in [0.15, 0.2) is 42.5 Å². The Morgan fingerprint density at radius 1 is 1.16 bits per heavy atom. The Kier molecular flexibility index (Phi) is 4.90. The first-order valence-electron chi connectivity index (χ1n) is 7.85. The van der Waals surface area contributed by atoms with E-state index in [1.165, 1.54) is 30.3 Å². The van der Waals surface area contributed by atoms with Gasteiger partial charge >= 0.3 is 0 Å². The highest BCUT2D eigenvalue weighted by atomic mass is 19.1. The van der Waals surface area contributed by atoms with E-state index in [0.29, 0.717) is 24.5 Å². The molecule has 0 radical (unpaired) electrons. The van der Waals surface area contributed by atoms with E-state index in [1.807, 2.05) is 4.90 Å². The molecule has 0 aromatic heterocycles. The number of halogens is 1. The summed E-state index contributed by atoms with van der Waals surface area (Å²) in [6.07, 6.45) is 0. The first-order valence-corrected chi connectivity index (χ1v) is 7.85. The van der Waals surface area contributed by atoms with Crippen LogP contribution in [0.25, 0.3) is 0 Å². The molecular weight excluding hydrogens is 327 g/mol. The van der Waals surface area contributed by atoms with Crippen LogP contribution in [0.3, 0.4) is 0 Å². The molecule has 0 unspecified atom stereocenters. The number of nitrogens with zero attached hydrogens (tertiary/aromatic N) is 2. The maximum absolute atomic E-state index is 12.9. The van der Waals surface area contributed by atoms with Crippen molar-refractivity contribution in [2.75, 3.05) is 36.4 Å². The van der Waals surface area contributed by atoms with Gasteiger partial charge < -0.3 is 15.5 Å². The molecule has 1 fully saturated rings. The Balaban J connectivity index is 1.82. The fraction of sp³-hybridized carbons (Fsp3) is 0.235. The standard InChI is InChI=1S/C17H17FN4O3/c18-13-3-1-12(2-4-13)17(23)20-14-5-6-15(16(11-14)22(24)25)21-9-7-19-8-10-21/h1-6,11,19H,7-10H2,(H,20,23). The first kappa shape index (κ1) is 16.8. The number of piperazine rings is 1. The third kappa shape index (κ3) is 3.92. The van der Waals surface area contributed by atoms with Crippen LogP contribution in [0, 0.1) is 15.9 Å². The summed E-state index contributed by atoms with van der Waals surface area (Å²) in [6, 6.07) is 9.70. The Morgan fingerprint density at radius 2 is 1.84 bits per heavy atom. The summed E-state index contributed by atoms with van der Waals surface area (Å²) in [7, 11) is 0. The monoisotopic (exact) mass is 344 g/mol. The van der Waals surface area contributed by atoms with Crippen molar-refractivity contribution in [1.82, 2.24) is 5.32 Å². The lowest BCUT2D eigenvalue weighted by Crippen LogP contribution is -2.43. The van der Waals surface area contributed by atoms with E-state index in [0.717, 1.165) is 13.1 Å². The molecule has 1 aliphatic rings. The molecule has 1 aliphatic heterocycles. The topological polar surface area (TPSA) is 87.5 Å². The fourth-order valence-corrected chi connectivity index (χ4v) is 2.73. The van der Waals surface area contributed by atoms with Gasteiger partial charge in [0.15, 0.2) is 0 Å². The molecule has 7 nitrogen and oxygen atoms in total. The van der Waals surface area contributed by atoms with Gasteiger partial charge in [-0.05, 0) is 36.4 Å². The molecule has 0 bridgehead atoms. The SMILES string of the molecule is O=C(Nc1ccc(N2CCNCC2)c([N+](=O)[O-])c1)c1ccc(F)cc1. The van der Waals surface area contributed by atoms with Crippen molar-refractivity contribution in [2.45, 2.75) is 0 Å². The van der Waals surface area contributed by atoms with E-state index < -0.39 is 16.6 Å². The van der Waals surface area contributed by atoms with Crippen LogP contribution in [-0.4, -0.2) is 37.0 Å². The summed E-state index contributed by atoms with van der Waals surface area (Å²) in [6.45, 7) is 2.89. The smallest absolute Gasteiger partial charge is 0.294 e. The summed E-state index contributed by atoms with van der Waals surface area (Å²) in [5.41, 5.74) is 1.07. The molecule has 1 heterocycles. The predicted molar refractivity (Wildman–Crippen MR) is 92.5 cm³/mol. The molecule has 130 valence electrons. The second-order valence-electron chi connectivity index (χ2n) is 5.66. The van der Waals surface area contributed by atoms with E-state index >= 15 is 0 Å². The van der Waals surface area contributed by atoms with Crippen LogP contribution in [-0.2, 0) is 0 Å². The zero-order valence-electron chi connectivity index (χ0n) is 13.4. The number of benzene rings is 2. The van der Waals surface area contributed by atoms with E-state index in [9.17, 15) is 19.3 Å².